The Hall–Kier alpha value is -3.87. The number of anilines is 1. The number of benzene rings is 1. The minimum absolute atomic E-state index is 0.00586. The number of hydrogen-bond donors (Lipinski definition) is 4. The number of fused-ring (bicyclic) bond motifs is 1. The van der Waals surface area contributed by atoms with Gasteiger partial charge in [0.05, 0.1) is 30.8 Å². The number of aliphatic imine (C=N–C) groups is 1. The fraction of sp³-hybridized carbons (Fsp3) is 0.263. The van der Waals surface area contributed by atoms with Gasteiger partial charge in [-0.1, -0.05) is 6.07 Å². The third-order valence-electron chi connectivity index (χ3n) is 4.67. The summed E-state index contributed by atoms with van der Waals surface area (Å²) in [6.45, 7) is -1.43. The Morgan fingerprint density at radius 2 is 2.09 bits per heavy atom. The zero-order chi connectivity index (χ0) is 22.9. The molecule has 10 nitrogen and oxygen atoms in total. The van der Waals surface area contributed by atoms with E-state index in [1.165, 1.54) is 13.2 Å². The lowest BCUT2D eigenvalue weighted by molar-refractivity contribution is -0.123. The largest absolute Gasteiger partial charge is 0.496 e. The van der Waals surface area contributed by atoms with Crippen molar-refractivity contribution in [3.8, 4) is 5.75 Å². The molecule has 13 heteroatoms. The number of halogens is 3. The van der Waals surface area contributed by atoms with Crippen LogP contribution in [0.5, 0.6) is 5.75 Å². The first kappa shape index (κ1) is 21.4. The highest BCUT2D eigenvalue weighted by molar-refractivity contribution is 5.97. The summed E-state index contributed by atoms with van der Waals surface area (Å²) in [5.74, 6) is -0.223. The van der Waals surface area contributed by atoms with Crippen molar-refractivity contribution < 1.29 is 22.7 Å². The summed E-state index contributed by atoms with van der Waals surface area (Å²) in [7, 11) is 3.11. The topological polar surface area (TPSA) is 120 Å². The molecule has 1 aliphatic heterocycles. The van der Waals surface area contributed by atoms with Crippen molar-refractivity contribution in [2.24, 2.45) is 4.99 Å². The monoisotopic (exact) mass is 448 g/mol. The van der Waals surface area contributed by atoms with Gasteiger partial charge in [-0.25, -0.2) is 15.4 Å². The zero-order valence-electron chi connectivity index (χ0n) is 17.0. The van der Waals surface area contributed by atoms with Crippen molar-refractivity contribution in [3.63, 3.8) is 0 Å². The quantitative estimate of drug-likeness (QED) is 0.472. The van der Waals surface area contributed by atoms with Gasteiger partial charge in [-0.05, 0) is 23.8 Å². The molecule has 4 rings (SSSR count). The Kier molecular flexibility index (Phi) is 5.57. The molecule has 1 unspecified atom stereocenters. The number of hydrazine groups is 1. The molecular formula is C19H19F3N8O2. The van der Waals surface area contributed by atoms with E-state index in [0.717, 1.165) is 5.39 Å². The molecule has 3 heterocycles. The maximum atomic E-state index is 12.4. The van der Waals surface area contributed by atoms with E-state index in [4.69, 9.17) is 4.74 Å². The first-order valence-corrected chi connectivity index (χ1v) is 9.40. The SMILES string of the molecule is COc1cc(C2N=C(Nc3cnc4[nH]ncc4c3)N(C)N2)ccc1C(=O)NCC(F)(F)F. The Balaban J connectivity index is 1.51. The summed E-state index contributed by atoms with van der Waals surface area (Å²) in [4.78, 5) is 21.0. The van der Waals surface area contributed by atoms with Gasteiger partial charge in [0.25, 0.3) is 5.91 Å². The molecule has 0 spiro atoms. The summed E-state index contributed by atoms with van der Waals surface area (Å²) >= 11 is 0. The van der Waals surface area contributed by atoms with Crippen molar-refractivity contribution in [2.45, 2.75) is 12.3 Å². The van der Waals surface area contributed by atoms with Crippen LogP contribution in [0.3, 0.4) is 0 Å². The number of methoxy groups -OCH3 is 1. The van der Waals surface area contributed by atoms with Gasteiger partial charge in [0.15, 0.2) is 5.65 Å². The van der Waals surface area contributed by atoms with Crippen LogP contribution < -0.4 is 20.8 Å². The minimum atomic E-state index is -4.50. The third-order valence-corrected chi connectivity index (χ3v) is 4.67. The van der Waals surface area contributed by atoms with Crippen LogP contribution in [0.4, 0.5) is 18.9 Å². The lowest BCUT2D eigenvalue weighted by Gasteiger charge is -2.17. The number of aromatic nitrogens is 3. The van der Waals surface area contributed by atoms with Crippen LogP contribution in [-0.2, 0) is 0 Å². The van der Waals surface area contributed by atoms with E-state index >= 15 is 0 Å². The molecule has 0 radical (unpaired) electrons. The van der Waals surface area contributed by atoms with Crippen LogP contribution in [0.2, 0.25) is 0 Å². The summed E-state index contributed by atoms with van der Waals surface area (Å²) in [6.07, 6.45) is -1.71. The fourth-order valence-electron chi connectivity index (χ4n) is 3.12. The predicted molar refractivity (Wildman–Crippen MR) is 110 cm³/mol. The van der Waals surface area contributed by atoms with Gasteiger partial charge >= 0.3 is 6.18 Å². The number of carbonyl (C=O) groups is 1. The highest BCUT2D eigenvalue weighted by Gasteiger charge is 2.29. The summed E-state index contributed by atoms with van der Waals surface area (Å²) in [5, 5.41) is 14.2. The average molecular weight is 448 g/mol. The van der Waals surface area contributed by atoms with E-state index in [1.807, 2.05) is 11.4 Å². The van der Waals surface area contributed by atoms with Crippen molar-refractivity contribution in [1.82, 2.24) is 30.9 Å². The highest BCUT2D eigenvalue weighted by atomic mass is 19.4. The second-order valence-electron chi connectivity index (χ2n) is 6.96. The van der Waals surface area contributed by atoms with Crippen LogP contribution in [-0.4, -0.2) is 58.9 Å². The number of H-pyrrole nitrogens is 1. The lowest BCUT2D eigenvalue weighted by atomic mass is 10.1. The lowest BCUT2D eigenvalue weighted by Crippen LogP contribution is -2.37. The molecule has 1 aliphatic rings. The second-order valence-corrected chi connectivity index (χ2v) is 6.96. The van der Waals surface area contributed by atoms with Gasteiger partial charge < -0.3 is 15.4 Å². The molecule has 3 aromatic rings. The summed E-state index contributed by atoms with van der Waals surface area (Å²) < 4.78 is 42.4. The number of alkyl halides is 3. The Labute approximate surface area is 179 Å². The molecule has 32 heavy (non-hydrogen) atoms. The second kappa shape index (κ2) is 8.34. The van der Waals surface area contributed by atoms with Gasteiger partial charge in [0, 0.05) is 12.4 Å². The van der Waals surface area contributed by atoms with E-state index in [1.54, 1.807) is 36.6 Å². The third kappa shape index (κ3) is 4.56. The molecule has 2 aromatic heterocycles. The molecule has 1 atom stereocenters. The van der Waals surface area contributed by atoms with Gasteiger partial charge in [-0.3, -0.25) is 14.9 Å². The maximum Gasteiger partial charge on any atom is 0.405 e. The Morgan fingerprint density at radius 1 is 1.28 bits per heavy atom. The smallest absolute Gasteiger partial charge is 0.405 e. The van der Waals surface area contributed by atoms with E-state index in [0.29, 0.717) is 22.9 Å². The molecule has 0 saturated carbocycles. The van der Waals surface area contributed by atoms with Crippen LogP contribution in [0.15, 0.2) is 41.7 Å². The van der Waals surface area contributed by atoms with E-state index < -0.39 is 24.8 Å². The predicted octanol–water partition coefficient (Wildman–Crippen LogP) is 2.18. The maximum absolute atomic E-state index is 12.4. The molecular weight excluding hydrogens is 429 g/mol. The van der Waals surface area contributed by atoms with Crippen molar-refractivity contribution in [3.05, 3.63) is 47.8 Å². The van der Waals surface area contributed by atoms with Gasteiger partial charge in [0.1, 0.15) is 18.5 Å². The van der Waals surface area contributed by atoms with Crippen molar-refractivity contribution in [1.29, 1.82) is 0 Å². The summed E-state index contributed by atoms with van der Waals surface area (Å²) in [6, 6.07) is 6.42. The van der Waals surface area contributed by atoms with Gasteiger partial charge in [0.2, 0.25) is 5.96 Å². The number of hydrogen-bond acceptors (Lipinski definition) is 8. The molecule has 0 saturated heterocycles. The first-order chi connectivity index (χ1) is 15.2. The summed E-state index contributed by atoms with van der Waals surface area (Å²) in [5.41, 5.74) is 5.16. The standard InChI is InChI=1S/C19H19F3N8O2/c1-30-18(26-12-5-11-7-25-28-15(11)23-8-12)27-16(29-30)10-3-4-13(14(6-10)32-2)17(31)24-9-19(20,21)22/h3-8,16,29H,9H2,1-2H3,(H,24,31)(H,26,27)(H,23,25,28). The van der Waals surface area contributed by atoms with E-state index in [-0.39, 0.29) is 11.3 Å². The number of carbonyl (C=O) groups excluding carboxylic acids is 1. The number of guanidine groups is 1. The molecule has 4 N–H and O–H groups in total. The normalized spacial score (nSPS) is 16.2. The number of nitrogens with zero attached hydrogens (tertiary/aromatic N) is 4. The molecule has 1 aromatic carbocycles. The van der Waals surface area contributed by atoms with E-state index in [9.17, 15) is 18.0 Å². The van der Waals surface area contributed by atoms with Crippen molar-refractivity contribution >= 4 is 28.6 Å². The first-order valence-electron chi connectivity index (χ1n) is 9.40. The van der Waals surface area contributed by atoms with Crippen molar-refractivity contribution in [2.75, 3.05) is 26.0 Å². The van der Waals surface area contributed by atoms with Crippen LogP contribution in [0.25, 0.3) is 11.0 Å². The molecule has 1 amide bonds. The number of amides is 1. The fourth-order valence-corrected chi connectivity index (χ4v) is 3.12. The number of nitrogens with one attached hydrogen (secondary N) is 4. The highest BCUT2D eigenvalue weighted by Crippen LogP contribution is 2.27. The van der Waals surface area contributed by atoms with E-state index in [2.05, 4.69) is 30.9 Å². The molecule has 168 valence electrons. The van der Waals surface area contributed by atoms with Crippen LogP contribution in [0, 0.1) is 0 Å². The molecule has 0 fully saturated rings. The van der Waals surface area contributed by atoms with Crippen LogP contribution >= 0.6 is 0 Å². The Bertz CT molecular complexity index is 1180. The van der Waals surface area contributed by atoms with Gasteiger partial charge in [-0.2, -0.15) is 18.3 Å². The zero-order valence-corrected chi connectivity index (χ0v) is 17.0. The average Bonchev–Trinajstić information content (AvgIpc) is 3.37. The number of ether oxygens (including phenoxy) is 1. The van der Waals surface area contributed by atoms with Gasteiger partial charge in [-0.15, -0.1) is 0 Å². The molecule has 0 aliphatic carbocycles. The number of rotatable bonds is 5. The molecule has 0 bridgehead atoms. The number of aromatic amines is 1. The number of pyridine rings is 1. The Morgan fingerprint density at radius 3 is 2.84 bits per heavy atom. The minimum Gasteiger partial charge on any atom is -0.496 e. The van der Waals surface area contributed by atoms with Crippen LogP contribution in [0.1, 0.15) is 22.1 Å².